The van der Waals surface area contributed by atoms with Gasteiger partial charge in [-0.1, -0.05) is 13.0 Å². The van der Waals surface area contributed by atoms with Crippen molar-refractivity contribution in [3.8, 4) is 11.5 Å². The molecule has 1 heterocycles. The molecule has 0 bridgehead atoms. The van der Waals surface area contributed by atoms with Crippen molar-refractivity contribution in [2.45, 2.75) is 26.2 Å². The Bertz CT molecular complexity index is 949. The van der Waals surface area contributed by atoms with E-state index in [1.54, 1.807) is 18.2 Å². The molecule has 9 heteroatoms. The first-order valence-electron chi connectivity index (χ1n) is 9.13. The molecule has 0 saturated carbocycles. The molecule has 0 saturated heterocycles. The Morgan fingerprint density at radius 2 is 1.86 bits per heavy atom. The minimum absolute atomic E-state index is 0.0668. The number of nitrogens with two attached hydrogens (primary N) is 1. The summed E-state index contributed by atoms with van der Waals surface area (Å²) in [6, 6.07) is 5.04. The van der Waals surface area contributed by atoms with E-state index < -0.39 is 11.8 Å². The second-order valence-electron chi connectivity index (χ2n) is 6.87. The zero-order chi connectivity index (χ0) is 21.1. The molecule has 4 N–H and O–H groups in total. The van der Waals surface area contributed by atoms with Crippen molar-refractivity contribution in [2.75, 3.05) is 19.5 Å². The van der Waals surface area contributed by atoms with Crippen molar-refractivity contribution in [2.24, 2.45) is 11.7 Å². The number of rotatable bonds is 5. The van der Waals surface area contributed by atoms with Crippen LogP contribution in [-0.4, -0.2) is 31.1 Å². The molecule has 0 fully saturated rings. The second-order valence-corrected chi connectivity index (χ2v) is 8.38. The van der Waals surface area contributed by atoms with Crippen LogP contribution in [0.5, 0.6) is 11.5 Å². The first-order chi connectivity index (χ1) is 13.8. The number of benzene rings is 1. The molecule has 0 radical (unpaired) electrons. The summed E-state index contributed by atoms with van der Waals surface area (Å²) >= 11 is 6.77. The zero-order valence-corrected chi connectivity index (χ0v) is 18.1. The molecule has 1 aliphatic carbocycles. The Hall–Kier alpha value is -2.65. The number of carbonyl (C=O) groups is 2. The van der Waals surface area contributed by atoms with Gasteiger partial charge in [-0.15, -0.1) is 11.3 Å². The maximum atomic E-state index is 12.8. The van der Waals surface area contributed by atoms with Gasteiger partial charge in [-0.2, -0.15) is 0 Å². The maximum absolute atomic E-state index is 12.8. The van der Waals surface area contributed by atoms with Gasteiger partial charge in [0.2, 0.25) is 0 Å². The Kier molecular flexibility index (Phi) is 6.39. The van der Waals surface area contributed by atoms with Gasteiger partial charge in [-0.3, -0.25) is 14.9 Å². The average Bonchev–Trinajstić information content (AvgIpc) is 3.03. The van der Waals surface area contributed by atoms with E-state index in [-0.39, 0.29) is 10.7 Å². The van der Waals surface area contributed by atoms with Crippen LogP contribution in [0.15, 0.2) is 18.2 Å². The second kappa shape index (κ2) is 8.79. The van der Waals surface area contributed by atoms with Gasteiger partial charge in [0.1, 0.15) is 22.1 Å². The van der Waals surface area contributed by atoms with Gasteiger partial charge in [0.25, 0.3) is 11.8 Å². The van der Waals surface area contributed by atoms with E-state index in [0.717, 1.165) is 29.7 Å². The smallest absolute Gasteiger partial charge is 0.264 e. The molecule has 0 unspecified atom stereocenters. The maximum Gasteiger partial charge on any atom is 0.264 e. The lowest BCUT2D eigenvalue weighted by Crippen LogP contribution is -2.35. The van der Waals surface area contributed by atoms with Crippen molar-refractivity contribution in [1.29, 1.82) is 0 Å². The largest absolute Gasteiger partial charge is 0.496 e. The molecular weight excluding hydrogens is 410 g/mol. The lowest BCUT2D eigenvalue weighted by Gasteiger charge is -2.18. The topological polar surface area (TPSA) is 103 Å². The molecular formula is C20H23N3O4S2. The van der Waals surface area contributed by atoms with Gasteiger partial charge in [0.15, 0.2) is 5.11 Å². The molecule has 29 heavy (non-hydrogen) atoms. The number of ether oxygens (including phenoxy) is 2. The summed E-state index contributed by atoms with van der Waals surface area (Å²) in [6.45, 7) is 2.19. The predicted molar refractivity (Wildman–Crippen MR) is 117 cm³/mol. The number of fused-ring (bicyclic) bond motifs is 1. The van der Waals surface area contributed by atoms with Gasteiger partial charge >= 0.3 is 0 Å². The summed E-state index contributed by atoms with van der Waals surface area (Å²) in [7, 11) is 2.94. The van der Waals surface area contributed by atoms with Crippen molar-refractivity contribution in [3.63, 3.8) is 0 Å². The average molecular weight is 434 g/mol. The van der Waals surface area contributed by atoms with E-state index >= 15 is 0 Å². The summed E-state index contributed by atoms with van der Waals surface area (Å²) in [5, 5.41) is 6.23. The quantitative estimate of drug-likeness (QED) is 0.626. The minimum Gasteiger partial charge on any atom is -0.496 e. The number of methoxy groups -OCH3 is 2. The lowest BCUT2D eigenvalue weighted by atomic mass is 9.88. The van der Waals surface area contributed by atoms with Crippen LogP contribution in [0.1, 0.15) is 44.5 Å². The number of thiocarbonyl (C=S) groups is 1. The molecule has 0 spiro atoms. The third-order valence-electron chi connectivity index (χ3n) is 4.87. The van der Waals surface area contributed by atoms with E-state index in [4.69, 9.17) is 27.4 Å². The Labute approximate surface area is 178 Å². The fourth-order valence-corrected chi connectivity index (χ4v) is 5.15. The van der Waals surface area contributed by atoms with E-state index in [1.165, 1.54) is 25.6 Å². The van der Waals surface area contributed by atoms with E-state index in [1.807, 2.05) is 0 Å². The monoisotopic (exact) mass is 433 g/mol. The highest BCUT2D eigenvalue weighted by Crippen LogP contribution is 2.39. The summed E-state index contributed by atoms with van der Waals surface area (Å²) in [4.78, 5) is 26.0. The van der Waals surface area contributed by atoms with E-state index in [2.05, 4.69) is 17.6 Å². The number of carbonyl (C=O) groups excluding carboxylic acids is 2. The summed E-state index contributed by atoms with van der Waals surface area (Å²) < 4.78 is 10.5. The highest BCUT2D eigenvalue weighted by Gasteiger charge is 2.27. The molecule has 3 rings (SSSR count). The van der Waals surface area contributed by atoms with Gasteiger partial charge in [0, 0.05) is 4.88 Å². The Balaban J connectivity index is 1.82. The van der Waals surface area contributed by atoms with E-state index in [0.29, 0.717) is 28.0 Å². The van der Waals surface area contributed by atoms with Crippen LogP contribution in [0.2, 0.25) is 0 Å². The minimum atomic E-state index is -0.500. The molecule has 7 nitrogen and oxygen atoms in total. The Morgan fingerprint density at radius 1 is 1.21 bits per heavy atom. The van der Waals surface area contributed by atoms with Crippen molar-refractivity contribution < 1.29 is 19.1 Å². The van der Waals surface area contributed by atoms with Gasteiger partial charge < -0.3 is 20.5 Å². The normalized spacial score (nSPS) is 15.2. The number of thiophene rings is 1. The van der Waals surface area contributed by atoms with E-state index in [9.17, 15) is 9.59 Å². The predicted octanol–water partition coefficient (Wildman–Crippen LogP) is 3.12. The molecule has 1 aromatic heterocycles. The number of hydrogen-bond acceptors (Lipinski definition) is 6. The highest BCUT2D eigenvalue weighted by molar-refractivity contribution is 7.80. The Morgan fingerprint density at radius 3 is 2.45 bits per heavy atom. The van der Waals surface area contributed by atoms with Crippen LogP contribution in [0.3, 0.4) is 0 Å². The number of primary amides is 1. The van der Waals surface area contributed by atoms with Crippen LogP contribution < -0.4 is 25.8 Å². The highest BCUT2D eigenvalue weighted by atomic mass is 32.1. The molecule has 1 aliphatic rings. The summed E-state index contributed by atoms with van der Waals surface area (Å²) in [5.41, 5.74) is 7.31. The summed E-state index contributed by atoms with van der Waals surface area (Å²) in [5.74, 6) is 0.304. The third-order valence-corrected chi connectivity index (χ3v) is 6.24. The zero-order valence-electron chi connectivity index (χ0n) is 16.5. The molecule has 2 amide bonds. The van der Waals surface area contributed by atoms with Crippen LogP contribution >= 0.6 is 23.6 Å². The van der Waals surface area contributed by atoms with Crippen LogP contribution in [0.25, 0.3) is 0 Å². The number of nitrogens with one attached hydrogen (secondary N) is 2. The van der Waals surface area contributed by atoms with Crippen molar-refractivity contribution in [1.82, 2.24) is 5.32 Å². The molecule has 1 aromatic carbocycles. The molecule has 0 aliphatic heterocycles. The lowest BCUT2D eigenvalue weighted by molar-refractivity contribution is 0.0969. The molecule has 154 valence electrons. The first kappa shape index (κ1) is 21.1. The standard InChI is InChI=1S/C20H23N3O4S2/c1-10-7-8-11-14(9-10)29-19(15(11)17(21)24)23-20(28)22-18(25)16-12(26-2)5-4-6-13(16)27-3/h4-6,10H,7-9H2,1-3H3,(H2,21,24)(H2,22,23,25,28)/t10-/m1/s1. The van der Waals surface area contributed by atoms with Crippen LogP contribution in [0, 0.1) is 5.92 Å². The molecule has 2 aromatic rings. The fourth-order valence-electron chi connectivity index (χ4n) is 3.47. The van der Waals surface area contributed by atoms with Gasteiger partial charge in [-0.25, -0.2) is 0 Å². The SMILES string of the molecule is COc1cccc(OC)c1C(=O)NC(=S)Nc1sc2c(c1C(N)=O)CC[C@@H](C)C2. The van der Waals surface area contributed by atoms with Crippen LogP contribution in [-0.2, 0) is 12.8 Å². The van der Waals surface area contributed by atoms with Gasteiger partial charge in [0.05, 0.1) is 19.8 Å². The molecule has 1 atom stereocenters. The van der Waals surface area contributed by atoms with Crippen molar-refractivity contribution >= 4 is 45.5 Å². The summed E-state index contributed by atoms with van der Waals surface area (Å²) in [6.07, 6.45) is 2.72. The number of hydrogen-bond donors (Lipinski definition) is 3. The number of anilines is 1. The van der Waals surface area contributed by atoms with Gasteiger partial charge in [-0.05, 0) is 55.1 Å². The number of amides is 2. The van der Waals surface area contributed by atoms with Crippen molar-refractivity contribution in [3.05, 3.63) is 39.8 Å². The third kappa shape index (κ3) is 4.35. The first-order valence-corrected chi connectivity index (χ1v) is 10.4. The fraction of sp³-hybridized carbons (Fsp3) is 0.350. The van der Waals surface area contributed by atoms with Crippen LogP contribution in [0.4, 0.5) is 5.00 Å².